The van der Waals surface area contributed by atoms with E-state index in [1.807, 2.05) is 0 Å². The molecule has 0 radical (unpaired) electrons. The molecule has 22 heteroatoms. The van der Waals surface area contributed by atoms with Crippen molar-refractivity contribution >= 4 is 0 Å². The standard InChI is InChI=1S/C47H84O22/c48-19-27-31(52)33(54)37(58)45(64-27)68-41-29(21-50)66-43(39(60)35(41)56)62-23-47(17-9-7-15-25-11-3-1-4-12-25,18-10-8-16-26-13-5-2-6-14-26)24-63-44-40(61)36(57)42(30(22-51)67-44)69-46-38(59)34(55)32(53)28(20-49)65-46/h25-46,48-61H,1-24H2/t27-,28-,29-,30-,31-,32-,33+,34+,35-,36-,37-,38-,39-,40-,41-,42-,43-,44-,45-,46-/m1/s1. The predicted octanol–water partition coefficient (Wildman–Crippen LogP) is -2.46. The molecule has 2 aliphatic carbocycles. The Morgan fingerprint density at radius 1 is 0.362 bits per heavy atom. The van der Waals surface area contributed by atoms with Crippen LogP contribution in [-0.2, 0) is 37.9 Å². The van der Waals surface area contributed by atoms with Crippen molar-refractivity contribution < 1.29 is 109 Å². The summed E-state index contributed by atoms with van der Waals surface area (Å²) >= 11 is 0. The molecule has 4 saturated heterocycles. The predicted molar refractivity (Wildman–Crippen MR) is 237 cm³/mol. The first kappa shape index (κ1) is 57.4. The Morgan fingerprint density at radius 2 is 0.696 bits per heavy atom. The Labute approximate surface area is 404 Å². The molecule has 0 aromatic rings. The third kappa shape index (κ3) is 14.7. The molecule has 14 N–H and O–H groups in total. The molecule has 22 nitrogen and oxygen atoms in total. The zero-order valence-corrected chi connectivity index (χ0v) is 39.7. The van der Waals surface area contributed by atoms with E-state index in [-0.39, 0.29) is 13.2 Å². The van der Waals surface area contributed by atoms with Crippen LogP contribution in [0.5, 0.6) is 0 Å². The normalized spacial score (nSPS) is 42.2. The van der Waals surface area contributed by atoms with E-state index in [2.05, 4.69) is 0 Å². The SMILES string of the molecule is OC[C@H]1O[C@H](O[C@H]2[C@H](O)[C@@H](O)[C@H](OCC(CCCCC3CCCCC3)(CCCCC3CCCCC3)CO[C@@H]3O[C@H](CO)[C@@H](O[C@H]4O[C@H](CO)[C@@H](O)[C@H](O)[C@H]4O)[C@H](O)[C@H]3O)O[C@@H]2CO)[C@H](O)[C@@H](O)[C@@H]1O. The lowest BCUT2D eigenvalue weighted by molar-refractivity contribution is -0.365. The maximum atomic E-state index is 11.5. The molecular weight excluding hydrogens is 916 g/mol. The Hall–Kier alpha value is -0.880. The molecular formula is C47H84O22. The monoisotopic (exact) mass is 1000 g/mol. The van der Waals surface area contributed by atoms with Crippen LogP contribution in [0.3, 0.4) is 0 Å². The van der Waals surface area contributed by atoms with Crippen molar-refractivity contribution in [2.45, 2.75) is 238 Å². The number of aliphatic hydroxyl groups is 14. The minimum absolute atomic E-state index is 0.123. The van der Waals surface area contributed by atoms with Gasteiger partial charge in [0.1, 0.15) is 97.7 Å². The van der Waals surface area contributed by atoms with Gasteiger partial charge in [-0.25, -0.2) is 0 Å². The van der Waals surface area contributed by atoms with Crippen molar-refractivity contribution in [3.63, 3.8) is 0 Å². The minimum atomic E-state index is -1.83. The zero-order valence-electron chi connectivity index (χ0n) is 39.7. The second-order valence-electron chi connectivity index (χ2n) is 20.6. The first-order chi connectivity index (χ1) is 33.1. The molecule has 0 bridgehead atoms. The molecule has 4 heterocycles. The van der Waals surface area contributed by atoms with Crippen molar-refractivity contribution in [1.29, 1.82) is 0 Å². The molecule has 0 amide bonds. The fourth-order valence-corrected chi connectivity index (χ4v) is 11.2. The molecule has 0 aromatic heterocycles. The third-order valence-corrected chi connectivity index (χ3v) is 15.6. The lowest BCUT2D eigenvalue weighted by Gasteiger charge is -2.47. The maximum Gasteiger partial charge on any atom is 0.187 e. The Kier molecular flexibility index (Phi) is 23.0. The topological polar surface area (TPSA) is 357 Å². The first-order valence-electron chi connectivity index (χ1n) is 25.6. The van der Waals surface area contributed by atoms with Gasteiger partial charge in [-0.1, -0.05) is 103 Å². The summed E-state index contributed by atoms with van der Waals surface area (Å²) in [5, 5.41) is 148. The summed E-state index contributed by atoms with van der Waals surface area (Å²) in [6, 6.07) is 0. The van der Waals surface area contributed by atoms with E-state index < -0.39 is 155 Å². The van der Waals surface area contributed by atoms with E-state index in [0.29, 0.717) is 24.7 Å². The lowest BCUT2D eigenvalue weighted by atomic mass is 9.77. The fourth-order valence-electron chi connectivity index (χ4n) is 11.2. The summed E-state index contributed by atoms with van der Waals surface area (Å²) in [5.41, 5.74) is -0.863. The second kappa shape index (κ2) is 27.6. The van der Waals surface area contributed by atoms with E-state index in [4.69, 9.17) is 37.9 Å². The number of hydrogen-bond acceptors (Lipinski definition) is 22. The van der Waals surface area contributed by atoms with E-state index in [1.54, 1.807) is 0 Å². The number of aliphatic hydroxyl groups excluding tert-OH is 14. The van der Waals surface area contributed by atoms with Gasteiger partial charge in [-0.2, -0.15) is 0 Å². The van der Waals surface area contributed by atoms with E-state index in [9.17, 15) is 71.5 Å². The smallest absolute Gasteiger partial charge is 0.187 e. The fraction of sp³-hybridized carbons (Fsp3) is 1.00. The van der Waals surface area contributed by atoms with Gasteiger partial charge in [-0.05, 0) is 24.7 Å². The number of hydrogen-bond donors (Lipinski definition) is 14. The molecule has 69 heavy (non-hydrogen) atoms. The summed E-state index contributed by atoms with van der Waals surface area (Å²) in [5.74, 6) is 1.25. The van der Waals surface area contributed by atoms with E-state index in [0.717, 1.165) is 38.5 Å². The average molecular weight is 1000 g/mol. The zero-order chi connectivity index (χ0) is 49.8. The van der Waals surface area contributed by atoms with Crippen molar-refractivity contribution in [3.05, 3.63) is 0 Å². The van der Waals surface area contributed by atoms with Gasteiger partial charge >= 0.3 is 0 Å². The Bertz CT molecular complexity index is 1330. The number of ether oxygens (including phenoxy) is 8. The van der Waals surface area contributed by atoms with Crippen LogP contribution in [0, 0.1) is 17.3 Å². The van der Waals surface area contributed by atoms with Gasteiger partial charge < -0.3 is 109 Å². The Balaban J connectivity index is 1.19. The van der Waals surface area contributed by atoms with Crippen LogP contribution in [0.4, 0.5) is 0 Å². The molecule has 4 aliphatic heterocycles. The third-order valence-electron chi connectivity index (χ3n) is 15.6. The summed E-state index contributed by atoms with van der Waals surface area (Å²) in [7, 11) is 0. The van der Waals surface area contributed by atoms with Crippen molar-refractivity contribution in [2.75, 3.05) is 39.6 Å². The van der Waals surface area contributed by atoms with Gasteiger partial charge in [-0.3, -0.25) is 0 Å². The van der Waals surface area contributed by atoms with Gasteiger partial charge in [0.2, 0.25) is 0 Å². The molecule has 2 saturated carbocycles. The van der Waals surface area contributed by atoms with Crippen LogP contribution in [0.2, 0.25) is 0 Å². The van der Waals surface area contributed by atoms with Crippen LogP contribution in [0.15, 0.2) is 0 Å². The summed E-state index contributed by atoms with van der Waals surface area (Å²) < 4.78 is 47.2. The van der Waals surface area contributed by atoms with Crippen LogP contribution in [-0.4, -0.2) is 234 Å². The molecule has 0 spiro atoms. The van der Waals surface area contributed by atoms with Gasteiger partial charge in [-0.15, -0.1) is 0 Å². The molecule has 6 rings (SSSR count). The highest BCUT2D eigenvalue weighted by molar-refractivity contribution is 4.97. The molecule has 6 aliphatic rings. The summed E-state index contributed by atoms with van der Waals surface area (Å²) in [6.07, 6.45) is -14.2. The molecule has 20 atom stereocenters. The average Bonchev–Trinajstić information content (AvgIpc) is 3.37. The number of rotatable bonds is 24. The quantitative estimate of drug-likeness (QED) is 0.0446. The van der Waals surface area contributed by atoms with Crippen molar-refractivity contribution in [1.82, 2.24) is 0 Å². The lowest BCUT2D eigenvalue weighted by Crippen LogP contribution is -2.65. The van der Waals surface area contributed by atoms with Crippen molar-refractivity contribution in [2.24, 2.45) is 17.3 Å². The van der Waals surface area contributed by atoms with Crippen LogP contribution in [0.1, 0.15) is 116 Å². The highest BCUT2D eigenvalue weighted by Crippen LogP contribution is 2.39. The molecule has 0 aromatic carbocycles. The minimum Gasteiger partial charge on any atom is -0.394 e. The van der Waals surface area contributed by atoms with Crippen molar-refractivity contribution in [3.8, 4) is 0 Å². The van der Waals surface area contributed by atoms with Gasteiger partial charge in [0.05, 0.1) is 39.6 Å². The highest BCUT2D eigenvalue weighted by Gasteiger charge is 2.53. The van der Waals surface area contributed by atoms with Crippen LogP contribution in [0.25, 0.3) is 0 Å². The number of unbranched alkanes of at least 4 members (excludes halogenated alkanes) is 2. The van der Waals surface area contributed by atoms with Gasteiger partial charge in [0, 0.05) is 5.41 Å². The van der Waals surface area contributed by atoms with E-state index in [1.165, 1.54) is 64.2 Å². The molecule has 6 fully saturated rings. The second-order valence-corrected chi connectivity index (χ2v) is 20.6. The van der Waals surface area contributed by atoms with Gasteiger partial charge in [0.15, 0.2) is 25.2 Å². The summed E-state index contributed by atoms with van der Waals surface area (Å²) in [4.78, 5) is 0. The Morgan fingerprint density at radius 3 is 1.04 bits per heavy atom. The van der Waals surface area contributed by atoms with E-state index >= 15 is 0 Å². The van der Waals surface area contributed by atoms with Crippen LogP contribution >= 0.6 is 0 Å². The molecule has 0 unspecified atom stereocenters. The highest BCUT2D eigenvalue weighted by atomic mass is 16.8. The molecule has 404 valence electrons. The largest absolute Gasteiger partial charge is 0.394 e. The van der Waals surface area contributed by atoms with Crippen LogP contribution < -0.4 is 0 Å². The first-order valence-corrected chi connectivity index (χ1v) is 25.6. The van der Waals surface area contributed by atoms with Gasteiger partial charge in [0.25, 0.3) is 0 Å². The maximum absolute atomic E-state index is 11.5. The summed E-state index contributed by atoms with van der Waals surface area (Å²) in [6.45, 7) is -3.23.